The van der Waals surface area contributed by atoms with Gasteiger partial charge in [-0.1, -0.05) is 43.3 Å². The summed E-state index contributed by atoms with van der Waals surface area (Å²) in [6.07, 6.45) is 8.17. The molecular formula is C18H25NO5Si. The Morgan fingerprint density at radius 3 is 2.40 bits per heavy atom. The third kappa shape index (κ3) is 6.70. The minimum Gasteiger partial charge on any atom is -0.434 e. The zero-order chi connectivity index (χ0) is 18.1. The van der Waals surface area contributed by atoms with Gasteiger partial charge in [0.05, 0.1) is 19.6 Å². The normalized spacial score (nSPS) is 16.0. The van der Waals surface area contributed by atoms with Crippen molar-refractivity contribution in [3.8, 4) is 5.75 Å². The maximum atomic E-state index is 11.6. The van der Waals surface area contributed by atoms with Gasteiger partial charge < -0.3 is 9.47 Å². The van der Waals surface area contributed by atoms with Gasteiger partial charge in [-0.05, 0) is 31.4 Å². The molecule has 7 heteroatoms. The lowest BCUT2D eigenvalue weighted by Crippen LogP contribution is -2.28. The topological polar surface area (TPSA) is 78.7 Å². The van der Waals surface area contributed by atoms with Crippen LogP contribution in [0.25, 0.3) is 0 Å². The Bertz CT molecular complexity index is 604. The van der Waals surface area contributed by atoms with Crippen molar-refractivity contribution in [3.05, 3.63) is 46.5 Å². The molecule has 0 unspecified atom stereocenters. The molecule has 0 radical (unpaired) electrons. The monoisotopic (exact) mass is 363 g/mol. The van der Waals surface area contributed by atoms with Crippen LogP contribution in [0.2, 0.25) is 24.7 Å². The molecule has 1 heterocycles. The fraction of sp³-hybridized carbons (Fsp3) is 0.500. The molecule has 0 spiro atoms. The van der Waals surface area contributed by atoms with Crippen molar-refractivity contribution in [2.24, 2.45) is 0 Å². The van der Waals surface area contributed by atoms with E-state index >= 15 is 0 Å². The highest BCUT2D eigenvalue weighted by molar-refractivity contribution is 6.78. The van der Waals surface area contributed by atoms with Crippen molar-refractivity contribution in [3.63, 3.8) is 0 Å². The van der Waals surface area contributed by atoms with Gasteiger partial charge in [0, 0.05) is 12.1 Å². The van der Waals surface area contributed by atoms with Crippen molar-refractivity contribution in [2.45, 2.75) is 50.4 Å². The van der Waals surface area contributed by atoms with Crippen molar-refractivity contribution in [1.82, 2.24) is 0 Å². The number of unbranched alkanes of at least 4 members (excludes halogenated alkanes) is 1. The second-order valence-corrected chi connectivity index (χ2v) is 11.9. The fourth-order valence-corrected chi connectivity index (χ4v) is 6.63. The number of ether oxygens (including phenoxy) is 2. The van der Waals surface area contributed by atoms with Gasteiger partial charge in [0.25, 0.3) is 5.69 Å². The Morgan fingerprint density at radius 1 is 1.16 bits per heavy atom. The maximum absolute atomic E-state index is 11.6. The van der Waals surface area contributed by atoms with Gasteiger partial charge >= 0.3 is 6.16 Å². The minimum atomic E-state index is -1.13. The predicted octanol–water partition coefficient (Wildman–Crippen LogP) is 5.32. The Kier molecular flexibility index (Phi) is 7.18. The summed E-state index contributed by atoms with van der Waals surface area (Å²) in [5.41, 5.74) is -0.0490. The zero-order valence-corrected chi connectivity index (χ0v) is 15.6. The highest BCUT2D eigenvalue weighted by Crippen LogP contribution is 2.29. The molecule has 0 aliphatic carbocycles. The molecule has 1 aliphatic rings. The fourth-order valence-electron chi connectivity index (χ4n) is 3.05. The molecule has 136 valence electrons. The number of allylic oxidation sites excluding steroid dienone is 2. The number of carbonyl (C=O) groups excluding carboxylic acids is 1. The lowest BCUT2D eigenvalue weighted by atomic mass is 10.3. The molecule has 0 N–H and O–H groups in total. The van der Waals surface area contributed by atoms with Crippen LogP contribution >= 0.6 is 0 Å². The smallest absolute Gasteiger partial charge is 0.434 e. The number of hydrogen-bond donors (Lipinski definition) is 0. The average Bonchev–Trinajstić information content (AvgIpc) is 2.80. The minimum absolute atomic E-state index is 0.0490. The molecule has 1 aliphatic heterocycles. The van der Waals surface area contributed by atoms with E-state index < -0.39 is 19.2 Å². The van der Waals surface area contributed by atoms with Gasteiger partial charge in [-0.2, -0.15) is 0 Å². The van der Waals surface area contributed by atoms with E-state index in [2.05, 4.69) is 18.7 Å². The second kappa shape index (κ2) is 9.36. The standard InChI is InChI=1S/C18H25NO5Si/c1-25(13-5-2-3-6-14-25)15-7-4-12-23-18(20)24-17-10-8-16(9-11-17)19(21)22/h2-3,8-11H,4-7,12-15H2,1H3. The first kappa shape index (κ1) is 19.2. The zero-order valence-electron chi connectivity index (χ0n) is 14.6. The lowest BCUT2D eigenvalue weighted by molar-refractivity contribution is -0.384. The Labute approximate surface area is 149 Å². The van der Waals surface area contributed by atoms with Crippen LogP contribution in [0.15, 0.2) is 36.4 Å². The van der Waals surface area contributed by atoms with E-state index in [1.807, 2.05) is 0 Å². The first-order valence-corrected chi connectivity index (χ1v) is 11.8. The van der Waals surface area contributed by atoms with Crippen molar-refractivity contribution in [1.29, 1.82) is 0 Å². The highest BCUT2D eigenvalue weighted by Gasteiger charge is 2.25. The molecule has 0 bridgehead atoms. The van der Waals surface area contributed by atoms with Crippen LogP contribution in [-0.4, -0.2) is 25.8 Å². The van der Waals surface area contributed by atoms with Gasteiger partial charge in [0.1, 0.15) is 5.75 Å². The number of nitrogens with zero attached hydrogens (tertiary/aromatic N) is 1. The summed E-state index contributed by atoms with van der Waals surface area (Å²) in [7, 11) is -1.13. The van der Waals surface area contributed by atoms with Gasteiger partial charge in [-0.15, -0.1) is 0 Å². The molecule has 0 saturated carbocycles. The summed E-state index contributed by atoms with van der Waals surface area (Å²) in [6, 6.07) is 9.32. The number of benzene rings is 1. The first-order chi connectivity index (χ1) is 12.0. The molecule has 0 atom stereocenters. The summed E-state index contributed by atoms with van der Waals surface area (Å²) in [6.45, 7) is 2.82. The molecule has 0 aromatic heterocycles. The van der Waals surface area contributed by atoms with Crippen molar-refractivity contribution in [2.75, 3.05) is 6.61 Å². The molecule has 0 saturated heterocycles. The van der Waals surface area contributed by atoms with E-state index in [4.69, 9.17) is 9.47 Å². The molecule has 0 fully saturated rings. The third-order valence-electron chi connectivity index (χ3n) is 4.64. The number of nitro groups is 1. The van der Waals surface area contributed by atoms with E-state index in [9.17, 15) is 14.9 Å². The summed E-state index contributed by atoms with van der Waals surface area (Å²) in [5.74, 6) is 0.237. The van der Waals surface area contributed by atoms with Crippen LogP contribution in [0.3, 0.4) is 0 Å². The Hall–Kier alpha value is -2.15. The van der Waals surface area contributed by atoms with Crippen molar-refractivity contribution >= 4 is 19.9 Å². The van der Waals surface area contributed by atoms with E-state index in [1.54, 1.807) is 0 Å². The number of hydrogen-bond acceptors (Lipinski definition) is 5. The summed E-state index contributed by atoms with van der Waals surface area (Å²) < 4.78 is 10.1. The van der Waals surface area contributed by atoms with Gasteiger partial charge in [-0.25, -0.2) is 4.79 Å². The third-order valence-corrected chi connectivity index (χ3v) is 9.19. The SMILES string of the molecule is C[Si]1(CCCCOC(=O)Oc2ccc([N+](=O)[O-])cc2)CCC=CCC1. The summed E-state index contributed by atoms with van der Waals surface area (Å²) in [4.78, 5) is 21.7. The summed E-state index contributed by atoms with van der Waals surface area (Å²) >= 11 is 0. The van der Waals surface area contributed by atoms with Crippen LogP contribution < -0.4 is 4.74 Å². The van der Waals surface area contributed by atoms with Crippen LogP contribution in [0.1, 0.15) is 25.7 Å². The first-order valence-electron chi connectivity index (χ1n) is 8.73. The van der Waals surface area contributed by atoms with Crippen LogP contribution in [0.5, 0.6) is 5.75 Å². The average molecular weight is 363 g/mol. The molecule has 25 heavy (non-hydrogen) atoms. The number of nitro benzene ring substituents is 1. The second-order valence-electron chi connectivity index (χ2n) is 6.77. The largest absolute Gasteiger partial charge is 0.513 e. The van der Waals surface area contributed by atoms with Gasteiger partial charge in [0.15, 0.2) is 0 Å². The van der Waals surface area contributed by atoms with Crippen LogP contribution in [0.4, 0.5) is 10.5 Å². The highest BCUT2D eigenvalue weighted by atomic mass is 28.3. The molecule has 1 aromatic carbocycles. The van der Waals surface area contributed by atoms with Gasteiger partial charge in [0.2, 0.25) is 0 Å². The van der Waals surface area contributed by atoms with Gasteiger partial charge in [-0.3, -0.25) is 10.1 Å². The predicted molar refractivity (Wildman–Crippen MR) is 98.7 cm³/mol. The molecule has 6 nitrogen and oxygen atoms in total. The lowest BCUT2D eigenvalue weighted by Gasteiger charge is -2.25. The maximum Gasteiger partial charge on any atom is 0.513 e. The quantitative estimate of drug-likeness (QED) is 0.125. The van der Waals surface area contributed by atoms with Crippen LogP contribution in [-0.2, 0) is 4.74 Å². The molecular weight excluding hydrogens is 338 g/mol. The van der Waals surface area contributed by atoms with Crippen molar-refractivity contribution < 1.29 is 19.2 Å². The van der Waals surface area contributed by atoms with Crippen LogP contribution in [0, 0.1) is 10.1 Å². The van der Waals surface area contributed by atoms with E-state index in [1.165, 1.54) is 55.2 Å². The molecule has 2 rings (SSSR count). The molecule has 1 aromatic rings. The van der Waals surface area contributed by atoms with E-state index in [-0.39, 0.29) is 11.4 Å². The number of carbonyl (C=O) groups is 1. The number of rotatable bonds is 7. The van der Waals surface area contributed by atoms with E-state index in [0.717, 1.165) is 12.8 Å². The number of non-ortho nitro benzene ring substituents is 1. The Balaban J connectivity index is 1.62. The van der Waals surface area contributed by atoms with E-state index in [0.29, 0.717) is 6.61 Å². The summed E-state index contributed by atoms with van der Waals surface area (Å²) in [5, 5.41) is 10.6. The Morgan fingerprint density at radius 2 is 1.80 bits per heavy atom. The molecule has 0 amide bonds.